The Balaban J connectivity index is 1.88. The molecule has 3 N–H and O–H groups in total. The first-order chi connectivity index (χ1) is 13.0. The third-order valence-electron chi connectivity index (χ3n) is 6.68. The summed E-state index contributed by atoms with van der Waals surface area (Å²) in [5.41, 5.74) is 7.34. The van der Waals surface area contributed by atoms with Gasteiger partial charge in [-0.05, 0) is 50.8 Å². The first kappa shape index (κ1) is 20.2. The van der Waals surface area contributed by atoms with E-state index < -0.39 is 5.60 Å². The minimum absolute atomic E-state index is 0.161. The molecule has 1 heterocycles. The fourth-order valence-corrected chi connectivity index (χ4v) is 5.16. The van der Waals surface area contributed by atoms with Crippen LogP contribution >= 0.6 is 0 Å². The van der Waals surface area contributed by atoms with Crippen LogP contribution in [-0.4, -0.2) is 47.7 Å². The summed E-state index contributed by atoms with van der Waals surface area (Å²) >= 11 is 0. The standard InChI is InChI=1S/C22H35N3O2/c1-3-24(4-2)18-10-8-17(9-11-18)21-19-7-5-6-13-22(19,27)14-16-25(21)15-12-20(23)26/h8-11,19,21,27H,3-7,12-16H2,1-2H3,(H2,23,26)/t19-,21+,22+/m0/s1. The summed E-state index contributed by atoms with van der Waals surface area (Å²) in [5, 5.41) is 11.3. The van der Waals surface area contributed by atoms with Gasteiger partial charge in [-0.3, -0.25) is 9.69 Å². The summed E-state index contributed by atoms with van der Waals surface area (Å²) in [7, 11) is 0. The van der Waals surface area contributed by atoms with Crippen molar-refractivity contribution in [3.8, 4) is 0 Å². The SMILES string of the molecule is CCN(CC)c1ccc([C@@H]2[C@@H]3CCCC[C@@]3(O)CCN2CCC(N)=O)cc1. The third-order valence-corrected chi connectivity index (χ3v) is 6.68. The average Bonchev–Trinajstić information content (AvgIpc) is 2.67. The summed E-state index contributed by atoms with van der Waals surface area (Å²) < 4.78 is 0. The number of primary amides is 1. The van der Waals surface area contributed by atoms with E-state index in [4.69, 9.17) is 5.73 Å². The van der Waals surface area contributed by atoms with Crippen LogP contribution in [0.25, 0.3) is 0 Å². The molecule has 150 valence electrons. The van der Waals surface area contributed by atoms with Crippen LogP contribution in [0.5, 0.6) is 0 Å². The quantitative estimate of drug-likeness (QED) is 0.771. The number of rotatable bonds is 7. The molecule has 1 aromatic rings. The van der Waals surface area contributed by atoms with Gasteiger partial charge in [0, 0.05) is 50.2 Å². The highest BCUT2D eigenvalue weighted by Crippen LogP contribution is 2.49. The Kier molecular flexibility index (Phi) is 6.43. The molecule has 0 spiro atoms. The second-order valence-corrected chi connectivity index (χ2v) is 8.17. The second-order valence-electron chi connectivity index (χ2n) is 8.17. The number of likely N-dealkylation sites (tertiary alicyclic amines) is 1. The molecule has 0 bridgehead atoms. The molecular weight excluding hydrogens is 338 g/mol. The van der Waals surface area contributed by atoms with Crippen LogP contribution in [0.1, 0.15) is 64.0 Å². The summed E-state index contributed by atoms with van der Waals surface area (Å²) in [6.07, 6.45) is 5.40. The fraction of sp³-hybridized carbons (Fsp3) is 0.682. The average molecular weight is 374 g/mol. The summed E-state index contributed by atoms with van der Waals surface area (Å²) in [4.78, 5) is 16.1. The predicted molar refractivity (Wildman–Crippen MR) is 110 cm³/mol. The van der Waals surface area contributed by atoms with Crippen LogP contribution in [-0.2, 0) is 4.79 Å². The van der Waals surface area contributed by atoms with E-state index in [0.29, 0.717) is 13.0 Å². The van der Waals surface area contributed by atoms with Crippen LogP contribution in [0.15, 0.2) is 24.3 Å². The number of benzene rings is 1. The molecule has 2 fully saturated rings. The third kappa shape index (κ3) is 4.30. The minimum atomic E-state index is -0.566. The van der Waals surface area contributed by atoms with E-state index in [9.17, 15) is 9.90 Å². The van der Waals surface area contributed by atoms with Gasteiger partial charge in [0.05, 0.1) is 5.60 Å². The van der Waals surface area contributed by atoms with Crippen molar-refractivity contribution in [2.75, 3.05) is 31.1 Å². The van der Waals surface area contributed by atoms with Gasteiger partial charge >= 0.3 is 0 Å². The zero-order chi connectivity index (χ0) is 19.4. The second kappa shape index (κ2) is 8.61. The number of amides is 1. The molecule has 0 unspecified atom stereocenters. The molecule has 5 nitrogen and oxygen atoms in total. The maximum atomic E-state index is 11.4. The van der Waals surface area contributed by atoms with Crippen LogP contribution in [0.2, 0.25) is 0 Å². The molecule has 1 saturated heterocycles. The Morgan fingerprint density at radius 1 is 1.22 bits per heavy atom. The van der Waals surface area contributed by atoms with Gasteiger partial charge in [-0.1, -0.05) is 25.0 Å². The van der Waals surface area contributed by atoms with Crippen molar-refractivity contribution < 1.29 is 9.90 Å². The van der Waals surface area contributed by atoms with Crippen LogP contribution in [0, 0.1) is 5.92 Å². The monoisotopic (exact) mass is 373 g/mol. The zero-order valence-corrected chi connectivity index (χ0v) is 16.9. The van der Waals surface area contributed by atoms with Gasteiger partial charge in [-0.2, -0.15) is 0 Å². The molecule has 1 saturated carbocycles. The lowest BCUT2D eigenvalue weighted by Crippen LogP contribution is -2.55. The van der Waals surface area contributed by atoms with E-state index >= 15 is 0 Å². The number of anilines is 1. The van der Waals surface area contributed by atoms with Gasteiger partial charge in [-0.25, -0.2) is 0 Å². The lowest BCUT2D eigenvalue weighted by molar-refractivity contribution is -0.128. The number of fused-ring (bicyclic) bond motifs is 1. The highest BCUT2D eigenvalue weighted by atomic mass is 16.3. The molecule has 1 aliphatic carbocycles. The smallest absolute Gasteiger partial charge is 0.218 e. The number of aliphatic hydroxyl groups is 1. The number of carbonyl (C=O) groups is 1. The normalized spacial score (nSPS) is 28.6. The van der Waals surface area contributed by atoms with Crippen LogP contribution in [0.4, 0.5) is 5.69 Å². The zero-order valence-electron chi connectivity index (χ0n) is 16.9. The maximum absolute atomic E-state index is 11.4. The molecule has 0 aromatic heterocycles. The molecule has 2 aliphatic rings. The molecule has 1 aromatic carbocycles. The minimum Gasteiger partial charge on any atom is -0.389 e. The molecule has 5 heteroatoms. The Hall–Kier alpha value is -1.59. The maximum Gasteiger partial charge on any atom is 0.218 e. The van der Waals surface area contributed by atoms with Gasteiger partial charge in [0.1, 0.15) is 0 Å². The topological polar surface area (TPSA) is 69.8 Å². The number of hydrogen-bond acceptors (Lipinski definition) is 4. The first-order valence-electron chi connectivity index (χ1n) is 10.6. The molecule has 27 heavy (non-hydrogen) atoms. The lowest BCUT2D eigenvalue weighted by Gasteiger charge is -2.52. The van der Waals surface area contributed by atoms with E-state index in [2.05, 4.69) is 47.9 Å². The Morgan fingerprint density at radius 2 is 1.93 bits per heavy atom. The van der Waals surface area contributed by atoms with Gasteiger partial charge < -0.3 is 15.7 Å². The molecule has 1 aliphatic heterocycles. The van der Waals surface area contributed by atoms with E-state index in [1.54, 1.807) is 0 Å². The first-order valence-corrected chi connectivity index (χ1v) is 10.6. The number of nitrogens with zero attached hydrogens (tertiary/aromatic N) is 2. The van der Waals surface area contributed by atoms with Gasteiger partial charge in [0.15, 0.2) is 0 Å². The molecule has 3 atom stereocenters. The number of piperidine rings is 1. The van der Waals surface area contributed by atoms with Crippen molar-refractivity contribution in [1.29, 1.82) is 0 Å². The van der Waals surface area contributed by atoms with Gasteiger partial charge in [0.25, 0.3) is 0 Å². The van der Waals surface area contributed by atoms with Crippen molar-refractivity contribution >= 4 is 11.6 Å². The van der Waals surface area contributed by atoms with E-state index in [1.165, 1.54) is 17.7 Å². The van der Waals surface area contributed by atoms with E-state index in [1.807, 2.05) is 0 Å². The molecular formula is C22H35N3O2. The van der Waals surface area contributed by atoms with Crippen LogP contribution in [0.3, 0.4) is 0 Å². The fourth-order valence-electron chi connectivity index (χ4n) is 5.16. The Morgan fingerprint density at radius 3 is 2.56 bits per heavy atom. The highest BCUT2D eigenvalue weighted by Gasteiger charge is 2.48. The molecule has 0 radical (unpaired) electrons. The summed E-state index contributed by atoms with van der Waals surface area (Å²) in [5.74, 6) is -0.0257. The van der Waals surface area contributed by atoms with Crippen molar-refractivity contribution in [2.24, 2.45) is 11.7 Å². The van der Waals surface area contributed by atoms with E-state index in [-0.39, 0.29) is 17.9 Å². The van der Waals surface area contributed by atoms with Crippen molar-refractivity contribution in [1.82, 2.24) is 4.90 Å². The van der Waals surface area contributed by atoms with Crippen molar-refractivity contribution in [3.63, 3.8) is 0 Å². The largest absolute Gasteiger partial charge is 0.389 e. The Bertz CT molecular complexity index is 629. The van der Waals surface area contributed by atoms with Crippen molar-refractivity contribution in [2.45, 2.75) is 64.0 Å². The van der Waals surface area contributed by atoms with Gasteiger partial charge in [0.2, 0.25) is 5.91 Å². The number of nitrogens with two attached hydrogens (primary N) is 1. The van der Waals surface area contributed by atoms with Crippen molar-refractivity contribution in [3.05, 3.63) is 29.8 Å². The predicted octanol–water partition coefficient (Wildman–Crippen LogP) is 3.08. The molecule has 3 rings (SSSR count). The number of carbonyl (C=O) groups excluding carboxylic acids is 1. The van der Waals surface area contributed by atoms with Gasteiger partial charge in [-0.15, -0.1) is 0 Å². The lowest BCUT2D eigenvalue weighted by atomic mass is 9.66. The highest BCUT2D eigenvalue weighted by molar-refractivity contribution is 5.73. The summed E-state index contributed by atoms with van der Waals surface area (Å²) in [6.45, 7) is 7.82. The van der Waals surface area contributed by atoms with E-state index in [0.717, 1.165) is 45.3 Å². The molecule has 1 amide bonds. The number of hydrogen-bond donors (Lipinski definition) is 2. The Labute approximate surface area is 163 Å². The van der Waals surface area contributed by atoms with Crippen LogP contribution < -0.4 is 10.6 Å². The summed E-state index contributed by atoms with van der Waals surface area (Å²) in [6, 6.07) is 9.00.